The van der Waals surface area contributed by atoms with Gasteiger partial charge < -0.3 is 5.11 Å². The van der Waals surface area contributed by atoms with Crippen LogP contribution in [0.1, 0.15) is 30.4 Å². The summed E-state index contributed by atoms with van der Waals surface area (Å²) >= 11 is 1.28. The van der Waals surface area contributed by atoms with E-state index in [-0.39, 0.29) is 17.2 Å². The summed E-state index contributed by atoms with van der Waals surface area (Å²) in [4.78, 5) is 30.1. The molecule has 0 saturated carbocycles. The Balaban J connectivity index is 2.22. The molecule has 3 aromatic heterocycles. The number of aromatic nitrogens is 3. The van der Waals surface area contributed by atoms with Gasteiger partial charge in [0.05, 0.1) is 5.39 Å². The van der Waals surface area contributed by atoms with E-state index in [0.717, 1.165) is 4.57 Å². The summed E-state index contributed by atoms with van der Waals surface area (Å²) < 4.78 is 2.74. The summed E-state index contributed by atoms with van der Waals surface area (Å²) in [5.74, 6) is 0.261. The number of fused-ring (bicyclic) bond motifs is 1. The van der Waals surface area contributed by atoms with Crippen molar-refractivity contribution in [2.75, 3.05) is 0 Å². The summed E-state index contributed by atoms with van der Waals surface area (Å²) in [7, 11) is 1.48. The minimum Gasteiger partial charge on any atom is -0.383 e. The van der Waals surface area contributed by atoms with E-state index in [1.807, 2.05) is 13.8 Å². The van der Waals surface area contributed by atoms with Crippen molar-refractivity contribution in [3.63, 3.8) is 0 Å². The highest BCUT2D eigenvalue weighted by atomic mass is 32.1. The molecule has 0 aromatic carbocycles. The molecule has 3 rings (SSSR count). The van der Waals surface area contributed by atoms with Crippen LogP contribution in [-0.2, 0) is 13.6 Å². The Hall–Kier alpha value is -2.25. The van der Waals surface area contributed by atoms with Crippen LogP contribution in [-0.4, -0.2) is 19.2 Å². The van der Waals surface area contributed by atoms with E-state index in [2.05, 4.69) is 4.98 Å². The van der Waals surface area contributed by atoms with E-state index < -0.39 is 6.10 Å². The highest BCUT2D eigenvalue weighted by molar-refractivity contribution is 7.18. The van der Waals surface area contributed by atoms with Crippen molar-refractivity contribution < 1.29 is 5.11 Å². The Bertz CT molecular complexity index is 986. The largest absolute Gasteiger partial charge is 0.383 e. The number of hydrogen-bond acceptors (Lipinski definition) is 5. The predicted molar refractivity (Wildman–Crippen MR) is 94.5 cm³/mol. The van der Waals surface area contributed by atoms with Crippen LogP contribution in [0.5, 0.6) is 0 Å². The van der Waals surface area contributed by atoms with Crippen LogP contribution in [0.4, 0.5) is 0 Å². The third kappa shape index (κ3) is 2.81. The van der Waals surface area contributed by atoms with Gasteiger partial charge in [-0.25, -0.2) is 4.79 Å². The second-order valence-corrected chi connectivity index (χ2v) is 7.27. The molecule has 1 atom stereocenters. The summed E-state index contributed by atoms with van der Waals surface area (Å²) in [5.41, 5.74) is -0.0139. The lowest BCUT2D eigenvalue weighted by Gasteiger charge is -2.11. The third-order valence-corrected chi connectivity index (χ3v) is 5.06. The fraction of sp³-hybridized carbons (Fsp3) is 0.353. The Kier molecular flexibility index (Phi) is 4.38. The zero-order valence-electron chi connectivity index (χ0n) is 13.8. The van der Waals surface area contributed by atoms with Crippen LogP contribution in [0.25, 0.3) is 10.2 Å². The molecule has 3 heterocycles. The van der Waals surface area contributed by atoms with Gasteiger partial charge in [-0.05, 0) is 18.1 Å². The molecule has 126 valence electrons. The summed E-state index contributed by atoms with van der Waals surface area (Å²) in [6.07, 6.45) is 2.36. The summed E-state index contributed by atoms with van der Waals surface area (Å²) in [5, 5.41) is 11.0. The normalized spacial score (nSPS) is 12.9. The van der Waals surface area contributed by atoms with E-state index in [9.17, 15) is 14.7 Å². The summed E-state index contributed by atoms with van der Waals surface area (Å²) in [6.45, 7) is 4.55. The first-order valence-corrected chi connectivity index (χ1v) is 8.53. The molecule has 0 aliphatic rings. The molecule has 3 aromatic rings. The number of aliphatic hydroxyl groups excluding tert-OH is 1. The van der Waals surface area contributed by atoms with Crippen LogP contribution < -0.4 is 11.2 Å². The Morgan fingerprint density at radius 3 is 2.71 bits per heavy atom. The van der Waals surface area contributed by atoms with E-state index in [1.54, 1.807) is 35.2 Å². The van der Waals surface area contributed by atoms with Gasteiger partial charge in [0.2, 0.25) is 0 Å². The third-order valence-electron chi connectivity index (χ3n) is 3.85. The van der Waals surface area contributed by atoms with Gasteiger partial charge in [-0.2, -0.15) is 0 Å². The standard InChI is InChI=1S/C17H19N3O3S/c1-10(2)9-20-16-12(15(22)19(3)17(20)23)7-13(24-16)14(21)11-5-4-6-18-8-11/h4-8,10,14,21H,9H2,1-3H3. The van der Waals surface area contributed by atoms with Crippen LogP contribution in [0.2, 0.25) is 0 Å². The minimum absolute atomic E-state index is 0.261. The van der Waals surface area contributed by atoms with Gasteiger partial charge in [-0.3, -0.25) is 18.9 Å². The van der Waals surface area contributed by atoms with Gasteiger partial charge in [0.1, 0.15) is 10.9 Å². The summed E-state index contributed by atoms with van der Waals surface area (Å²) in [6, 6.07) is 5.21. The molecule has 0 fully saturated rings. The van der Waals surface area contributed by atoms with Gasteiger partial charge in [-0.1, -0.05) is 19.9 Å². The molecule has 0 aliphatic carbocycles. The first-order valence-electron chi connectivity index (χ1n) is 7.71. The number of hydrogen-bond donors (Lipinski definition) is 1. The lowest BCUT2D eigenvalue weighted by molar-refractivity contribution is 0.224. The zero-order chi connectivity index (χ0) is 17.4. The number of rotatable bonds is 4. The SMILES string of the molecule is CC(C)Cn1c(=O)n(C)c(=O)c2cc(C(O)c3cccnc3)sc21. The average molecular weight is 345 g/mol. The topological polar surface area (TPSA) is 77.1 Å². The molecule has 1 N–H and O–H groups in total. The van der Waals surface area contributed by atoms with Crippen molar-refractivity contribution in [2.45, 2.75) is 26.5 Å². The molecule has 6 nitrogen and oxygen atoms in total. The van der Waals surface area contributed by atoms with Crippen molar-refractivity contribution in [1.82, 2.24) is 14.1 Å². The second-order valence-electron chi connectivity index (χ2n) is 6.21. The Labute approximate surface area is 142 Å². The molecule has 0 radical (unpaired) electrons. The lowest BCUT2D eigenvalue weighted by Crippen LogP contribution is -2.38. The molecule has 0 saturated heterocycles. The molecule has 24 heavy (non-hydrogen) atoms. The maximum atomic E-state index is 12.4. The van der Waals surface area contributed by atoms with Crippen molar-refractivity contribution in [3.05, 3.63) is 61.9 Å². The minimum atomic E-state index is -0.872. The molecule has 0 amide bonds. The van der Waals surface area contributed by atoms with Crippen LogP contribution in [0.3, 0.4) is 0 Å². The predicted octanol–water partition coefficient (Wildman–Crippen LogP) is 1.89. The van der Waals surface area contributed by atoms with Gasteiger partial charge in [0, 0.05) is 36.4 Å². The van der Waals surface area contributed by atoms with Gasteiger partial charge in [0.15, 0.2) is 0 Å². The van der Waals surface area contributed by atoms with Crippen molar-refractivity contribution in [2.24, 2.45) is 13.0 Å². The Morgan fingerprint density at radius 2 is 2.08 bits per heavy atom. The zero-order valence-corrected chi connectivity index (χ0v) is 14.6. The first-order chi connectivity index (χ1) is 11.4. The molecular formula is C17H19N3O3S. The lowest BCUT2D eigenvalue weighted by atomic mass is 10.1. The molecule has 0 spiro atoms. The highest BCUT2D eigenvalue weighted by Gasteiger charge is 2.19. The van der Waals surface area contributed by atoms with E-state index in [0.29, 0.717) is 27.2 Å². The maximum absolute atomic E-state index is 12.4. The number of aliphatic hydroxyl groups is 1. The van der Waals surface area contributed by atoms with Crippen molar-refractivity contribution >= 4 is 21.6 Å². The fourth-order valence-corrected chi connectivity index (χ4v) is 3.82. The number of thiophene rings is 1. The van der Waals surface area contributed by atoms with E-state index in [1.165, 1.54) is 18.4 Å². The van der Waals surface area contributed by atoms with Crippen molar-refractivity contribution in [3.8, 4) is 0 Å². The fourth-order valence-electron chi connectivity index (χ4n) is 2.65. The van der Waals surface area contributed by atoms with Crippen LogP contribution >= 0.6 is 11.3 Å². The quantitative estimate of drug-likeness (QED) is 0.783. The Morgan fingerprint density at radius 1 is 1.33 bits per heavy atom. The molecule has 0 aliphatic heterocycles. The monoisotopic (exact) mass is 345 g/mol. The van der Waals surface area contributed by atoms with Crippen LogP contribution in [0, 0.1) is 5.92 Å². The van der Waals surface area contributed by atoms with Gasteiger partial charge >= 0.3 is 5.69 Å². The average Bonchev–Trinajstić information content (AvgIpc) is 3.02. The maximum Gasteiger partial charge on any atom is 0.331 e. The molecule has 7 heteroatoms. The van der Waals surface area contributed by atoms with Gasteiger partial charge in [0.25, 0.3) is 5.56 Å². The molecule has 1 unspecified atom stereocenters. The molecular weight excluding hydrogens is 326 g/mol. The highest BCUT2D eigenvalue weighted by Crippen LogP contribution is 2.31. The first kappa shape index (κ1) is 16.6. The van der Waals surface area contributed by atoms with E-state index >= 15 is 0 Å². The number of nitrogens with zero attached hydrogens (tertiary/aromatic N) is 3. The second kappa shape index (κ2) is 6.33. The van der Waals surface area contributed by atoms with Crippen molar-refractivity contribution in [1.29, 1.82) is 0 Å². The van der Waals surface area contributed by atoms with Crippen LogP contribution in [0.15, 0.2) is 40.2 Å². The van der Waals surface area contributed by atoms with Gasteiger partial charge in [-0.15, -0.1) is 11.3 Å². The smallest absolute Gasteiger partial charge is 0.331 e. The number of pyridine rings is 1. The van der Waals surface area contributed by atoms with E-state index in [4.69, 9.17) is 0 Å². The molecule has 0 bridgehead atoms.